The second-order valence-electron chi connectivity index (χ2n) is 6.42. The molecule has 6 nitrogen and oxygen atoms in total. The highest BCUT2D eigenvalue weighted by molar-refractivity contribution is 7.07. The predicted molar refractivity (Wildman–Crippen MR) is 99.4 cm³/mol. The number of carbonyl (C=O) groups excluding carboxylic acids is 1. The third-order valence-electron chi connectivity index (χ3n) is 4.23. The smallest absolute Gasteiger partial charge is 0.349 e. The van der Waals surface area contributed by atoms with Crippen LogP contribution in [0.25, 0.3) is 5.69 Å². The van der Waals surface area contributed by atoms with E-state index in [-0.39, 0.29) is 18.3 Å². The van der Waals surface area contributed by atoms with Gasteiger partial charge in [-0.25, -0.2) is 9.07 Å². The van der Waals surface area contributed by atoms with Gasteiger partial charge in [-0.15, -0.1) is 5.10 Å². The Kier molecular flexibility index (Phi) is 5.99. The van der Waals surface area contributed by atoms with Gasteiger partial charge in [0, 0.05) is 6.54 Å². The molecule has 1 amide bonds. The van der Waals surface area contributed by atoms with Crippen LogP contribution in [-0.2, 0) is 6.18 Å². The molecule has 0 aliphatic heterocycles. The maximum atomic E-state index is 13.7. The first-order valence-electron chi connectivity index (χ1n) is 8.44. The van der Waals surface area contributed by atoms with Crippen molar-refractivity contribution in [2.75, 3.05) is 20.6 Å². The zero-order valence-corrected chi connectivity index (χ0v) is 16.3. The van der Waals surface area contributed by atoms with E-state index in [1.807, 2.05) is 21.7 Å². The standard InChI is InChI=1S/C18H17F4N5OS/c1-26(2)14(11-7-8-29-10-11)9-23-17(28)15-16(18(20,21)22)27(25-24-15)13-5-3-12(19)4-6-13/h3-8,10,14H,9H2,1-2H3,(H,23,28). The van der Waals surface area contributed by atoms with E-state index in [0.29, 0.717) is 4.68 Å². The molecule has 2 heterocycles. The summed E-state index contributed by atoms with van der Waals surface area (Å²) in [7, 11) is 3.61. The molecule has 1 atom stereocenters. The van der Waals surface area contributed by atoms with Crippen LogP contribution in [0.3, 0.4) is 0 Å². The molecule has 0 aliphatic carbocycles. The first-order valence-corrected chi connectivity index (χ1v) is 9.38. The van der Waals surface area contributed by atoms with Gasteiger partial charge in [-0.2, -0.15) is 24.5 Å². The number of nitrogens with zero attached hydrogens (tertiary/aromatic N) is 4. The number of hydrogen-bond donors (Lipinski definition) is 1. The van der Waals surface area contributed by atoms with Gasteiger partial charge in [-0.1, -0.05) is 5.21 Å². The summed E-state index contributed by atoms with van der Waals surface area (Å²) in [6.45, 7) is 0.0866. The molecule has 0 aliphatic rings. The normalized spacial score (nSPS) is 12.9. The van der Waals surface area contributed by atoms with Gasteiger partial charge >= 0.3 is 6.18 Å². The highest BCUT2D eigenvalue weighted by atomic mass is 32.1. The van der Waals surface area contributed by atoms with E-state index < -0.39 is 29.3 Å². The Morgan fingerprint density at radius 2 is 1.93 bits per heavy atom. The molecular weight excluding hydrogens is 410 g/mol. The van der Waals surface area contributed by atoms with Gasteiger partial charge in [0.1, 0.15) is 5.82 Å². The van der Waals surface area contributed by atoms with E-state index in [0.717, 1.165) is 29.8 Å². The number of thiophene rings is 1. The molecule has 0 spiro atoms. The number of hydrogen-bond acceptors (Lipinski definition) is 5. The minimum atomic E-state index is -4.89. The summed E-state index contributed by atoms with van der Waals surface area (Å²) in [5.74, 6) is -1.60. The van der Waals surface area contributed by atoms with Crippen molar-refractivity contribution in [1.82, 2.24) is 25.2 Å². The molecule has 0 saturated heterocycles. The van der Waals surface area contributed by atoms with Gasteiger partial charge in [0.2, 0.25) is 0 Å². The van der Waals surface area contributed by atoms with Crippen LogP contribution in [0.15, 0.2) is 41.1 Å². The molecule has 2 aromatic heterocycles. The SMILES string of the molecule is CN(C)C(CNC(=O)c1nnn(-c2ccc(F)cc2)c1C(F)(F)F)c1ccsc1. The van der Waals surface area contributed by atoms with Crippen molar-refractivity contribution in [3.05, 3.63) is 63.9 Å². The number of likely N-dealkylation sites (N-methyl/N-ethyl adjacent to an activating group) is 1. The first-order chi connectivity index (χ1) is 13.7. The summed E-state index contributed by atoms with van der Waals surface area (Å²) in [6.07, 6.45) is -4.89. The fourth-order valence-corrected chi connectivity index (χ4v) is 3.50. The summed E-state index contributed by atoms with van der Waals surface area (Å²) in [5, 5.41) is 13.2. The van der Waals surface area contributed by atoms with E-state index in [4.69, 9.17) is 0 Å². The number of carbonyl (C=O) groups is 1. The molecule has 3 rings (SSSR count). The second-order valence-corrected chi connectivity index (χ2v) is 7.20. The molecule has 154 valence electrons. The fourth-order valence-electron chi connectivity index (χ4n) is 2.79. The van der Waals surface area contributed by atoms with Crippen LogP contribution in [0.2, 0.25) is 0 Å². The molecule has 0 bridgehead atoms. The first kappa shape index (κ1) is 20.9. The molecule has 1 aromatic carbocycles. The lowest BCUT2D eigenvalue weighted by Crippen LogP contribution is -2.35. The van der Waals surface area contributed by atoms with Crippen LogP contribution < -0.4 is 5.32 Å². The van der Waals surface area contributed by atoms with Gasteiger partial charge < -0.3 is 10.2 Å². The molecule has 29 heavy (non-hydrogen) atoms. The molecular formula is C18H17F4N5OS. The summed E-state index contributed by atoms with van der Waals surface area (Å²) in [4.78, 5) is 14.4. The Hall–Kier alpha value is -2.79. The lowest BCUT2D eigenvalue weighted by atomic mass is 10.1. The lowest BCUT2D eigenvalue weighted by Gasteiger charge is -2.23. The summed E-state index contributed by atoms with van der Waals surface area (Å²) in [5.41, 5.74) is -1.29. The van der Waals surface area contributed by atoms with E-state index in [1.54, 1.807) is 14.1 Å². The van der Waals surface area contributed by atoms with Gasteiger partial charge in [0.25, 0.3) is 5.91 Å². The monoisotopic (exact) mass is 427 g/mol. The van der Waals surface area contributed by atoms with Gasteiger partial charge in [0.15, 0.2) is 11.4 Å². The number of aromatic nitrogens is 3. The van der Waals surface area contributed by atoms with Crippen molar-refractivity contribution in [3.63, 3.8) is 0 Å². The molecule has 1 unspecified atom stereocenters. The summed E-state index contributed by atoms with van der Waals surface area (Å²) < 4.78 is 54.5. The van der Waals surface area contributed by atoms with Crippen LogP contribution in [0.4, 0.5) is 17.6 Å². The van der Waals surface area contributed by atoms with Crippen molar-refractivity contribution in [1.29, 1.82) is 0 Å². The number of alkyl halides is 3. The number of nitrogens with one attached hydrogen (secondary N) is 1. The Morgan fingerprint density at radius 3 is 2.48 bits per heavy atom. The predicted octanol–water partition coefficient (Wildman–Crippen LogP) is 3.52. The molecule has 1 N–H and O–H groups in total. The van der Waals surface area contributed by atoms with Crippen molar-refractivity contribution in [3.8, 4) is 5.69 Å². The zero-order chi connectivity index (χ0) is 21.2. The van der Waals surface area contributed by atoms with E-state index >= 15 is 0 Å². The Balaban J connectivity index is 1.88. The Labute approximate surface area is 167 Å². The van der Waals surface area contributed by atoms with Crippen molar-refractivity contribution in [2.24, 2.45) is 0 Å². The lowest BCUT2D eigenvalue weighted by molar-refractivity contribution is -0.143. The van der Waals surface area contributed by atoms with Crippen LogP contribution in [-0.4, -0.2) is 46.4 Å². The zero-order valence-electron chi connectivity index (χ0n) is 15.4. The third-order valence-corrected chi connectivity index (χ3v) is 4.93. The maximum absolute atomic E-state index is 13.7. The summed E-state index contributed by atoms with van der Waals surface area (Å²) in [6, 6.07) is 5.91. The number of halogens is 4. The second kappa shape index (κ2) is 8.29. The minimum absolute atomic E-state index is 0.0604. The van der Waals surface area contributed by atoms with Gasteiger partial charge in [-0.3, -0.25) is 4.79 Å². The van der Waals surface area contributed by atoms with Crippen LogP contribution in [0.1, 0.15) is 27.8 Å². The van der Waals surface area contributed by atoms with Crippen LogP contribution >= 0.6 is 11.3 Å². The van der Waals surface area contributed by atoms with E-state index in [9.17, 15) is 22.4 Å². The summed E-state index contributed by atoms with van der Waals surface area (Å²) >= 11 is 1.48. The van der Waals surface area contributed by atoms with Crippen molar-refractivity contribution >= 4 is 17.2 Å². The molecule has 0 saturated carbocycles. The Morgan fingerprint density at radius 1 is 1.24 bits per heavy atom. The van der Waals surface area contributed by atoms with Crippen LogP contribution in [0.5, 0.6) is 0 Å². The molecule has 11 heteroatoms. The number of benzene rings is 1. The number of rotatable bonds is 6. The molecule has 0 radical (unpaired) electrons. The van der Waals surface area contributed by atoms with E-state index in [2.05, 4.69) is 15.6 Å². The minimum Gasteiger partial charge on any atom is -0.349 e. The molecule has 3 aromatic rings. The largest absolute Gasteiger partial charge is 0.435 e. The van der Waals surface area contributed by atoms with Crippen molar-refractivity contribution in [2.45, 2.75) is 12.2 Å². The third kappa shape index (κ3) is 4.62. The molecule has 0 fully saturated rings. The number of amides is 1. The average Bonchev–Trinajstić information content (AvgIpc) is 3.31. The topological polar surface area (TPSA) is 63.1 Å². The van der Waals surface area contributed by atoms with Crippen LogP contribution in [0, 0.1) is 5.82 Å². The Bertz CT molecular complexity index is 967. The quantitative estimate of drug-likeness (QED) is 0.612. The highest BCUT2D eigenvalue weighted by Crippen LogP contribution is 2.33. The van der Waals surface area contributed by atoms with E-state index in [1.165, 1.54) is 11.3 Å². The van der Waals surface area contributed by atoms with Crippen molar-refractivity contribution < 1.29 is 22.4 Å². The average molecular weight is 427 g/mol. The maximum Gasteiger partial charge on any atom is 0.435 e. The van der Waals surface area contributed by atoms with Gasteiger partial charge in [0.05, 0.1) is 11.7 Å². The fraction of sp³-hybridized carbons (Fsp3) is 0.278. The highest BCUT2D eigenvalue weighted by Gasteiger charge is 2.42. The van der Waals surface area contributed by atoms with Gasteiger partial charge in [-0.05, 0) is 60.8 Å².